The number of halogens is 1. The average Bonchev–Trinajstić information content (AvgIpc) is 2.67. The first-order valence-electron chi connectivity index (χ1n) is 9.60. The smallest absolute Gasteiger partial charge is 0.328 e. The van der Waals surface area contributed by atoms with Gasteiger partial charge >= 0.3 is 5.97 Å². The molecule has 0 spiro atoms. The largest absolute Gasteiger partial charge is 0.467 e. The summed E-state index contributed by atoms with van der Waals surface area (Å²) in [5, 5.41) is 4.93. The SMILES string of the molecule is COC(=O)[C@H](CCCCN)NC(=O)[C@H](CSC(C)=O)NC(=O)C(C)(C)CSC(C)=O.Cl. The van der Waals surface area contributed by atoms with Gasteiger partial charge < -0.3 is 21.1 Å². The lowest BCUT2D eigenvalue weighted by molar-refractivity contribution is -0.145. The van der Waals surface area contributed by atoms with E-state index in [1.807, 2.05) is 0 Å². The lowest BCUT2D eigenvalue weighted by Crippen LogP contribution is -2.55. The summed E-state index contributed by atoms with van der Waals surface area (Å²) >= 11 is 1.91. The first kappa shape index (κ1) is 31.9. The monoisotopic (exact) mass is 499 g/mol. The second-order valence-electron chi connectivity index (χ2n) is 7.36. The molecule has 0 saturated carbocycles. The van der Waals surface area contributed by atoms with E-state index < -0.39 is 35.3 Å². The standard InChI is InChI=1S/C19H33N3O6S2.ClH/c1-12(23)29-10-15(22-18(27)19(3,4)11-30-13(2)24)16(25)21-14(17(26)28-5)8-6-7-9-20;/h14-15H,6-11,20H2,1-5H3,(H,21,25)(H,22,27);1H/t14-,15-;/m0./s1. The van der Waals surface area contributed by atoms with Crippen molar-refractivity contribution in [1.29, 1.82) is 0 Å². The Labute approximate surface area is 198 Å². The Balaban J connectivity index is 0. The number of carbonyl (C=O) groups excluding carboxylic acids is 5. The molecular weight excluding hydrogens is 466 g/mol. The van der Waals surface area contributed by atoms with E-state index in [1.165, 1.54) is 21.0 Å². The van der Waals surface area contributed by atoms with Gasteiger partial charge in [0.15, 0.2) is 10.2 Å². The first-order valence-corrected chi connectivity index (χ1v) is 11.6. The highest BCUT2D eigenvalue weighted by Gasteiger charge is 2.33. The van der Waals surface area contributed by atoms with Gasteiger partial charge in [0.2, 0.25) is 11.8 Å². The van der Waals surface area contributed by atoms with Crippen LogP contribution in [0.1, 0.15) is 47.0 Å². The van der Waals surface area contributed by atoms with Crippen LogP contribution in [-0.4, -0.2) is 65.3 Å². The minimum absolute atomic E-state index is 0. The summed E-state index contributed by atoms with van der Waals surface area (Å²) in [5.41, 5.74) is 4.55. The van der Waals surface area contributed by atoms with Crippen LogP contribution in [0.5, 0.6) is 0 Å². The third-order valence-corrected chi connectivity index (χ3v) is 6.25. The zero-order valence-corrected chi connectivity index (χ0v) is 21.1. The number of unbranched alkanes of at least 4 members (excludes halogenated alkanes) is 1. The normalized spacial score (nSPS) is 12.7. The van der Waals surface area contributed by atoms with E-state index in [1.54, 1.807) is 13.8 Å². The number of methoxy groups -OCH3 is 1. The highest BCUT2D eigenvalue weighted by Crippen LogP contribution is 2.23. The fourth-order valence-corrected chi connectivity index (χ4v) is 3.57. The molecule has 12 heteroatoms. The van der Waals surface area contributed by atoms with Crippen LogP contribution in [0.15, 0.2) is 0 Å². The molecule has 0 aliphatic rings. The molecule has 31 heavy (non-hydrogen) atoms. The van der Waals surface area contributed by atoms with E-state index in [9.17, 15) is 24.0 Å². The number of carbonyl (C=O) groups is 5. The fourth-order valence-electron chi connectivity index (χ4n) is 2.24. The Bertz CT molecular complexity index is 634. The topological polar surface area (TPSA) is 145 Å². The van der Waals surface area contributed by atoms with E-state index in [0.717, 1.165) is 23.5 Å². The number of ether oxygens (including phenoxy) is 1. The summed E-state index contributed by atoms with van der Waals surface area (Å²) < 4.78 is 4.75. The molecule has 0 unspecified atom stereocenters. The maximum atomic E-state index is 12.8. The predicted octanol–water partition coefficient (Wildman–Crippen LogP) is 1.27. The van der Waals surface area contributed by atoms with Crippen molar-refractivity contribution in [3.8, 4) is 0 Å². The third-order valence-electron chi connectivity index (χ3n) is 4.08. The molecule has 0 saturated heterocycles. The number of hydrogen-bond donors (Lipinski definition) is 3. The summed E-state index contributed by atoms with van der Waals surface area (Å²) in [4.78, 5) is 60.1. The molecule has 0 aromatic carbocycles. The molecule has 2 atom stereocenters. The molecule has 2 amide bonds. The highest BCUT2D eigenvalue weighted by atomic mass is 35.5. The van der Waals surface area contributed by atoms with Gasteiger partial charge in [-0.25, -0.2) is 4.79 Å². The zero-order valence-electron chi connectivity index (χ0n) is 18.6. The van der Waals surface area contributed by atoms with Gasteiger partial charge in [-0.2, -0.15) is 0 Å². The Kier molecular flexibility index (Phi) is 16.8. The summed E-state index contributed by atoms with van der Waals surface area (Å²) in [6, 6.07) is -1.91. The number of nitrogens with one attached hydrogen (secondary N) is 2. The maximum absolute atomic E-state index is 12.8. The minimum atomic E-state index is -1.03. The third kappa shape index (κ3) is 13.7. The maximum Gasteiger partial charge on any atom is 0.328 e. The summed E-state index contributed by atoms with van der Waals surface area (Å²) in [6.45, 7) is 6.56. The van der Waals surface area contributed by atoms with Crippen molar-refractivity contribution < 1.29 is 28.7 Å². The van der Waals surface area contributed by atoms with Crippen LogP contribution in [0.4, 0.5) is 0 Å². The number of esters is 1. The van der Waals surface area contributed by atoms with Crippen LogP contribution in [0, 0.1) is 5.41 Å². The molecule has 0 aromatic rings. The number of rotatable bonds is 13. The number of amides is 2. The van der Waals surface area contributed by atoms with E-state index in [-0.39, 0.29) is 34.1 Å². The van der Waals surface area contributed by atoms with Gasteiger partial charge in [-0.3, -0.25) is 19.2 Å². The molecule has 0 aromatic heterocycles. The molecule has 0 heterocycles. The van der Waals surface area contributed by atoms with E-state index in [2.05, 4.69) is 10.6 Å². The Morgan fingerprint density at radius 2 is 1.55 bits per heavy atom. The van der Waals surface area contributed by atoms with Crippen molar-refractivity contribution in [1.82, 2.24) is 10.6 Å². The van der Waals surface area contributed by atoms with Gasteiger partial charge in [-0.1, -0.05) is 37.4 Å². The van der Waals surface area contributed by atoms with Gasteiger partial charge in [-0.05, 0) is 25.8 Å². The van der Waals surface area contributed by atoms with Crippen molar-refractivity contribution in [2.75, 3.05) is 25.2 Å². The first-order chi connectivity index (χ1) is 13.9. The van der Waals surface area contributed by atoms with Gasteiger partial charge in [0, 0.05) is 25.4 Å². The predicted molar refractivity (Wildman–Crippen MR) is 126 cm³/mol. The Morgan fingerprint density at radius 1 is 0.968 bits per heavy atom. The summed E-state index contributed by atoms with van der Waals surface area (Å²) in [6.07, 6.45) is 1.65. The minimum Gasteiger partial charge on any atom is -0.467 e. The quantitative estimate of drug-likeness (QED) is 0.252. The molecule has 4 N–H and O–H groups in total. The summed E-state index contributed by atoms with van der Waals surface area (Å²) in [5.74, 6) is -1.36. The fraction of sp³-hybridized carbons (Fsp3) is 0.737. The molecule has 0 radical (unpaired) electrons. The van der Waals surface area contributed by atoms with Crippen molar-refractivity contribution in [3.63, 3.8) is 0 Å². The second-order valence-corrected chi connectivity index (χ2v) is 9.71. The molecule has 0 fully saturated rings. The van der Waals surface area contributed by atoms with Gasteiger partial charge in [0.25, 0.3) is 0 Å². The van der Waals surface area contributed by atoms with Crippen molar-refractivity contribution in [2.24, 2.45) is 11.1 Å². The molecular formula is C19H34ClN3O6S2. The van der Waals surface area contributed by atoms with Crippen LogP contribution < -0.4 is 16.4 Å². The second kappa shape index (κ2) is 16.3. The van der Waals surface area contributed by atoms with Crippen LogP contribution in [-0.2, 0) is 28.7 Å². The number of hydrogen-bond acceptors (Lipinski definition) is 9. The lowest BCUT2D eigenvalue weighted by atomic mass is 9.95. The van der Waals surface area contributed by atoms with E-state index in [0.29, 0.717) is 25.8 Å². The molecule has 0 aliphatic heterocycles. The van der Waals surface area contributed by atoms with Gasteiger partial charge in [0.05, 0.1) is 12.5 Å². The van der Waals surface area contributed by atoms with Crippen LogP contribution in [0.25, 0.3) is 0 Å². The van der Waals surface area contributed by atoms with Crippen LogP contribution in [0.2, 0.25) is 0 Å². The van der Waals surface area contributed by atoms with Gasteiger partial charge in [0.1, 0.15) is 12.1 Å². The highest BCUT2D eigenvalue weighted by molar-refractivity contribution is 8.13. The number of thioether (sulfide) groups is 2. The van der Waals surface area contributed by atoms with Crippen LogP contribution >= 0.6 is 35.9 Å². The lowest BCUT2D eigenvalue weighted by Gasteiger charge is -2.27. The Morgan fingerprint density at radius 3 is 2.03 bits per heavy atom. The van der Waals surface area contributed by atoms with Crippen molar-refractivity contribution in [2.45, 2.75) is 59.0 Å². The van der Waals surface area contributed by atoms with Gasteiger partial charge in [-0.15, -0.1) is 12.4 Å². The zero-order chi connectivity index (χ0) is 23.3. The van der Waals surface area contributed by atoms with Crippen molar-refractivity contribution in [3.05, 3.63) is 0 Å². The van der Waals surface area contributed by atoms with Crippen LogP contribution in [0.3, 0.4) is 0 Å². The molecule has 0 bridgehead atoms. The molecule has 0 aliphatic carbocycles. The molecule has 180 valence electrons. The molecule has 0 rings (SSSR count). The average molecular weight is 500 g/mol. The molecule has 9 nitrogen and oxygen atoms in total. The summed E-state index contributed by atoms with van der Waals surface area (Å²) in [7, 11) is 1.23. The van der Waals surface area contributed by atoms with E-state index >= 15 is 0 Å². The van der Waals surface area contributed by atoms with E-state index in [4.69, 9.17) is 10.5 Å². The van der Waals surface area contributed by atoms with Crippen molar-refractivity contribution >= 4 is 63.9 Å². The Hall–Kier alpha value is -1.30. The number of nitrogens with two attached hydrogens (primary N) is 1.